The highest BCUT2D eigenvalue weighted by Gasteiger charge is 2.54. The summed E-state index contributed by atoms with van der Waals surface area (Å²) in [6.07, 6.45) is 2.12. The lowest BCUT2D eigenvalue weighted by Crippen LogP contribution is -2.42. The standard InChI is InChI=1S/C17H20N4OS.C7H6O4S/c1-9-3-2-4-10(5-9)15-14(20-17(19)23-15)16(22)21-12(8-18)6-11-7-13(11)21;8-7(9)6-5-4(3-12-6)10-1-2-11-5/h2-5,11-13H,6-8,18H2,1H3,(H2,19,20);3H,1-2H2,(H,8,9)/t11-,12+,13+;/m1./s1. The number of aryl methyl sites for hydroxylation is 1. The Bertz CT molecular complexity index is 1270. The summed E-state index contributed by atoms with van der Waals surface area (Å²) in [6, 6.07) is 8.58. The number of anilines is 1. The molecule has 0 spiro atoms. The Morgan fingerprint density at radius 3 is 2.80 bits per heavy atom. The highest BCUT2D eigenvalue weighted by atomic mass is 32.1. The second kappa shape index (κ2) is 9.48. The summed E-state index contributed by atoms with van der Waals surface area (Å²) in [5.41, 5.74) is 14.4. The number of carboxylic acids is 1. The molecule has 1 aromatic carbocycles. The minimum Gasteiger partial charge on any atom is -0.485 e. The number of aromatic nitrogens is 1. The molecule has 2 aliphatic heterocycles. The van der Waals surface area contributed by atoms with Crippen LogP contribution in [0.25, 0.3) is 10.4 Å². The molecule has 0 unspecified atom stereocenters. The maximum absolute atomic E-state index is 13.1. The van der Waals surface area contributed by atoms with Crippen molar-refractivity contribution in [1.82, 2.24) is 9.88 Å². The van der Waals surface area contributed by atoms with Gasteiger partial charge in [0.05, 0.1) is 4.88 Å². The van der Waals surface area contributed by atoms with Crippen molar-refractivity contribution in [2.45, 2.75) is 31.8 Å². The van der Waals surface area contributed by atoms with Crippen molar-refractivity contribution in [3.05, 3.63) is 45.8 Å². The predicted octanol–water partition coefficient (Wildman–Crippen LogP) is 3.48. The van der Waals surface area contributed by atoms with Crippen molar-refractivity contribution in [1.29, 1.82) is 0 Å². The average Bonchev–Trinajstić information content (AvgIpc) is 3.18. The number of carbonyl (C=O) groups is 2. The van der Waals surface area contributed by atoms with Gasteiger partial charge in [0.25, 0.3) is 5.91 Å². The van der Waals surface area contributed by atoms with Gasteiger partial charge in [0, 0.05) is 24.0 Å². The van der Waals surface area contributed by atoms with E-state index in [1.165, 1.54) is 11.3 Å². The Labute approximate surface area is 210 Å². The van der Waals surface area contributed by atoms with Gasteiger partial charge in [-0.1, -0.05) is 41.2 Å². The van der Waals surface area contributed by atoms with Gasteiger partial charge in [-0.2, -0.15) is 0 Å². The summed E-state index contributed by atoms with van der Waals surface area (Å²) >= 11 is 2.50. The second-order valence-corrected chi connectivity index (χ2v) is 10.7. The van der Waals surface area contributed by atoms with Crippen molar-refractivity contribution in [2.75, 3.05) is 25.5 Å². The molecular weight excluding hydrogens is 488 g/mol. The van der Waals surface area contributed by atoms with Crippen molar-refractivity contribution in [2.24, 2.45) is 11.7 Å². The number of carbonyl (C=O) groups excluding carboxylic acids is 1. The Hall–Kier alpha value is -3.15. The SMILES string of the molecule is Cc1cccc(-c2sc(N)nc2C(=O)N2[C@H](CN)C[C@@H]3C[C@@H]32)c1.O=C(O)c1scc2c1OCCO2. The van der Waals surface area contributed by atoms with Crippen LogP contribution in [-0.2, 0) is 0 Å². The molecule has 6 rings (SSSR count). The molecule has 35 heavy (non-hydrogen) atoms. The Morgan fingerprint density at radius 2 is 2.06 bits per heavy atom. The lowest BCUT2D eigenvalue weighted by Gasteiger charge is -2.26. The number of amides is 1. The van der Waals surface area contributed by atoms with E-state index in [1.54, 1.807) is 5.38 Å². The molecule has 9 nitrogen and oxygen atoms in total. The third kappa shape index (κ3) is 4.58. The van der Waals surface area contributed by atoms with Gasteiger partial charge in [0.1, 0.15) is 18.9 Å². The van der Waals surface area contributed by atoms with Gasteiger partial charge >= 0.3 is 5.97 Å². The zero-order valence-corrected chi connectivity index (χ0v) is 20.7. The lowest BCUT2D eigenvalue weighted by molar-refractivity contribution is 0.0687. The van der Waals surface area contributed by atoms with Crippen molar-refractivity contribution >= 4 is 39.7 Å². The van der Waals surface area contributed by atoms with Crippen LogP contribution in [0.2, 0.25) is 0 Å². The second-order valence-electron chi connectivity index (χ2n) is 8.76. The summed E-state index contributed by atoms with van der Waals surface area (Å²) in [6.45, 7) is 3.46. The van der Waals surface area contributed by atoms with E-state index >= 15 is 0 Å². The fourth-order valence-corrected chi connectivity index (χ4v) is 6.27. The molecule has 4 heterocycles. The Morgan fingerprint density at radius 1 is 1.26 bits per heavy atom. The molecule has 2 fully saturated rings. The average molecular weight is 515 g/mol. The van der Waals surface area contributed by atoms with Crippen LogP contribution in [-0.4, -0.2) is 58.7 Å². The molecule has 1 aliphatic carbocycles. The number of thiazole rings is 1. The molecule has 3 aliphatic rings. The highest BCUT2D eigenvalue weighted by molar-refractivity contribution is 7.19. The maximum atomic E-state index is 13.1. The molecule has 3 aromatic rings. The quantitative estimate of drug-likeness (QED) is 0.481. The van der Waals surface area contributed by atoms with Crippen LogP contribution in [0.1, 0.15) is 38.6 Å². The number of likely N-dealkylation sites (tertiary alicyclic amines) is 1. The smallest absolute Gasteiger partial charge is 0.349 e. The number of nitrogen functional groups attached to an aromatic ring is 1. The lowest BCUT2D eigenvalue weighted by atomic mass is 10.1. The molecule has 1 saturated carbocycles. The fourth-order valence-electron chi connectivity index (χ4n) is 4.68. The van der Waals surface area contributed by atoms with E-state index in [-0.39, 0.29) is 16.8 Å². The molecule has 0 radical (unpaired) electrons. The first-order valence-electron chi connectivity index (χ1n) is 11.3. The van der Waals surface area contributed by atoms with E-state index in [2.05, 4.69) is 11.1 Å². The van der Waals surface area contributed by atoms with Crippen LogP contribution in [0.3, 0.4) is 0 Å². The number of nitrogens with two attached hydrogens (primary N) is 2. The van der Waals surface area contributed by atoms with Crippen LogP contribution < -0.4 is 20.9 Å². The Kier molecular flexibility index (Phi) is 6.39. The number of hydrogen-bond donors (Lipinski definition) is 3. The van der Waals surface area contributed by atoms with Gasteiger partial charge in [-0.05, 0) is 31.2 Å². The summed E-state index contributed by atoms with van der Waals surface area (Å²) in [5, 5.41) is 10.8. The molecular formula is C24H26N4O5S2. The first-order chi connectivity index (χ1) is 16.9. The van der Waals surface area contributed by atoms with Gasteiger partial charge in [0.15, 0.2) is 21.5 Å². The highest BCUT2D eigenvalue weighted by Crippen LogP contribution is 2.48. The van der Waals surface area contributed by atoms with Crippen LogP contribution in [0.5, 0.6) is 11.5 Å². The van der Waals surface area contributed by atoms with E-state index < -0.39 is 5.97 Å². The number of ether oxygens (including phenoxy) is 2. The molecule has 184 valence electrons. The molecule has 2 aromatic heterocycles. The number of piperidine rings is 1. The maximum Gasteiger partial charge on any atom is 0.349 e. The summed E-state index contributed by atoms with van der Waals surface area (Å²) in [4.78, 5) is 31.1. The van der Waals surface area contributed by atoms with E-state index in [0.717, 1.165) is 40.2 Å². The van der Waals surface area contributed by atoms with E-state index in [1.807, 2.05) is 30.0 Å². The number of aromatic carboxylic acids is 1. The number of nitrogens with zero attached hydrogens (tertiary/aromatic N) is 2. The predicted molar refractivity (Wildman–Crippen MR) is 134 cm³/mol. The first kappa shape index (κ1) is 23.6. The minimum atomic E-state index is -0.966. The summed E-state index contributed by atoms with van der Waals surface area (Å²) in [7, 11) is 0. The zero-order chi connectivity index (χ0) is 24.7. The molecule has 3 atom stereocenters. The van der Waals surface area contributed by atoms with Crippen molar-refractivity contribution < 1.29 is 24.2 Å². The third-order valence-electron chi connectivity index (χ3n) is 6.34. The number of carboxylic acid groups (broad SMARTS) is 1. The van der Waals surface area contributed by atoms with Gasteiger partial charge in [-0.15, -0.1) is 11.3 Å². The molecule has 1 amide bonds. The fraction of sp³-hybridized carbons (Fsp3) is 0.375. The van der Waals surface area contributed by atoms with E-state index in [9.17, 15) is 9.59 Å². The number of hydrogen-bond acceptors (Lipinski definition) is 9. The van der Waals surface area contributed by atoms with Gasteiger partial charge < -0.3 is 30.9 Å². The number of fused-ring (bicyclic) bond motifs is 2. The normalized spacial score (nSPS) is 21.7. The van der Waals surface area contributed by atoms with Crippen LogP contribution in [0.15, 0.2) is 29.6 Å². The number of rotatable bonds is 4. The van der Waals surface area contributed by atoms with Crippen LogP contribution >= 0.6 is 22.7 Å². The zero-order valence-electron chi connectivity index (χ0n) is 19.1. The largest absolute Gasteiger partial charge is 0.485 e. The van der Waals surface area contributed by atoms with Crippen LogP contribution in [0.4, 0.5) is 5.13 Å². The van der Waals surface area contributed by atoms with Crippen LogP contribution in [0, 0.1) is 12.8 Å². The molecule has 11 heteroatoms. The van der Waals surface area contributed by atoms with Gasteiger partial charge in [-0.25, -0.2) is 9.78 Å². The first-order valence-corrected chi connectivity index (χ1v) is 13.0. The molecule has 5 N–H and O–H groups in total. The number of benzene rings is 1. The molecule has 1 saturated heterocycles. The monoisotopic (exact) mass is 514 g/mol. The van der Waals surface area contributed by atoms with E-state index in [4.69, 9.17) is 26.0 Å². The topological polar surface area (TPSA) is 141 Å². The summed E-state index contributed by atoms with van der Waals surface area (Å²) in [5.74, 6) is 0.565. The molecule has 0 bridgehead atoms. The van der Waals surface area contributed by atoms with Gasteiger partial charge in [-0.3, -0.25) is 4.79 Å². The van der Waals surface area contributed by atoms with Crippen molar-refractivity contribution in [3.63, 3.8) is 0 Å². The summed E-state index contributed by atoms with van der Waals surface area (Å²) < 4.78 is 10.3. The Balaban J connectivity index is 0.000000178. The third-order valence-corrected chi connectivity index (χ3v) is 8.20. The van der Waals surface area contributed by atoms with Gasteiger partial charge in [0.2, 0.25) is 0 Å². The van der Waals surface area contributed by atoms with Crippen molar-refractivity contribution in [3.8, 4) is 21.9 Å². The van der Waals surface area contributed by atoms with E-state index in [0.29, 0.717) is 54.0 Å². The number of thiophene rings is 1. The minimum absolute atomic E-state index is 0.0186.